The van der Waals surface area contributed by atoms with Crippen molar-refractivity contribution in [3.63, 3.8) is 0 Å². The van der Waals surface area contributed by atoms with Gasteiger partial charge in [-0.3, -0.25) is 4.98 Å². The van der Waals surface area contributed by atoms with Crippen LogP contribution in [0.3, 0.4) is 0 Å². The van der Waals surface area contributed by atoms with Crippen LogP contribution in [-0.2, 0) is 0 Å². The van der Waals surface area contributed by atoms with Gasteiger partial charge in [-0.2, -0.15) is 0 Å². The Bertz CT molecular complexity index is 2330. The fraction of sp³-hybridized carbons (Fsp3) is 0. The van der Waals surface area contributed by atoms with E-state index in [0.29, 0.717) is 0 Å². The van der Waals surface area contributed by atoms with Crippen LogP contribution in [0.2, 0.25) is 0 Å². The molecule has 0 saturated carbocycles. The number of thiophene rings is 1. The molecule has 0 unspecified atom stereocenters. The van der Waals surface area contributed by atoms with Gasteiger partial charge in [0.25, 0.3) is 0 Å². The Hall–Kier alpha value is -4.93. The molecule has 9 aromatic rings. The summed E-state index contributed by atoms with van der Waals surface area (Å²) in [6, 6.07) is 43.6. The van der Waals surface area contributed by atoms with Crippen LogP contribution >= 0.6 is 11.3 Å². The van der Waals surface area contributed by atoms with Crippen LogP contribution in [0.5, 0.6) is 0 Å². The SMILES string of the molecule is c1ccc2c(c1)sc1cnc3c4ccccc4n(-c4ccc(-n5c6ccccc6c6ccccc65)cc4)c3c12. The molecule has 0 aliphatic heterocycles. The van der Waals surface area contributed by atoms with Crippen molar-refractivity contribution in [2.24, 2.45) is 0 Å². The topological polar surface area (TPSA) is 22.8 Å². The molecule has 0 aliphatic carbocycles. The van der Waals surface area contributed by atoms with Crippen molar-refractivity contribution < 1.29 is 0 Å². The first-order chi connectivity index (χ1) is 19.4. The Morgan fingerprint density at radius 2 is 0.974 bits per heavy atom. The van der Waals surface area contributed by atoms with E-state index in [1.54, 1.807) is 0 Å². The molecule has 3 nitrogen and oxygen atoms in total. The molecule has 0 aliphatic rings. The number of hydrogen-bond acceptors (Lipinski definition) is 2. The van der Waals surface area contributed by atoms with Gasteiger partial charge in [-0.25, -0.2) is 0 Å². The molecule has 0 radical (unpaired) electrons. The smallest absolute Gasteiger partial charge is 0.0971 e. The molecule has 4 aromatic heterocycles. The number of pyridine rings is 1. The lowest BCUT2D eigenvalue weighted by Gasteiger charge is -2.12. The fourth-order valence-electron chi connectivity index (χ4n) is 6.33. The van der Waals surface area contributed by atoms with Crippen LogP contribution in [0.4, 0.5) is 0 Å². The first-order valence-electron chi connectivity index (χ1n) is 13.2. The molecule has 0 N–H and O–H groups in total. The van der Waals surface area contributed by atoms with Crippen molar-refractivity contribution in [3.8, 4) is 11.4 Å². The Labute approximate surface area is 227 Å². The first kappa shape index (κ1) is 21.1. The maximum atomic E-state index is 4.99. The molecular weight excluding hydrogens is 494 g/mol. The van der Waals surface area contributed by atoms with Crippen LogP contribution in [-0.4, -0.2) is 14.1 Å². The second-order valence-electron chi connectivity index (χ2n) is 10.0. The van der Waals surface area contributed by atoms with Gasteiger partial charge in [0, 0.05) is 49.2 Å². The highest BCUT2D eigenvalue weighted by Crippen LogP contribution is 2.42. The van der Waals surface area contributed by atoms with Crippen molar-refractivity contribution >= 4 is 75.3 Å². The number of hydrogen-bond donors (Lipinski definition) is 0. The average Bonchev–Trinajstić information content (AvgIpc) is 3.65. The van der Waals surface area contributed by atoms with E-state index in [1.807, 2.05) is 17.5 Å². The van der Waals surface area contributed by atoms with Gasteiger partial charge in [0.1, 0.15) is 0 Å². The quantitative estimate of drug-likeness (QED) is 0.225. The highest BCUT2D eigenvalue weighted by molar-refractivity contribution is 7.26. The minimum absolute atomic E-state index is 1.05. The Balaban J connectivity index is 1.34. The first-order valence-corrected chi connectivity index (χ1v) is 14.0. The number of benzene rings is 5. The Morgan fingerprint density at radius 3 is 1.64 bits per heavy atom. The zero-order valence-corrected chi connectivity index (χ0v) is 21.7. The third kappa shape index (κ3) is 2.84. The van der Waals surface area contributed by atoms with E-state index in [0.717, 1.165) is 16.9 Å². The molecule has 4 heterocycles. The van der Waals surface area contributed by atoms with E-state index in [1.165, 1.54) is 58.4 Å². The minimum Gasteiger partial charge on any atom is -0.309 e. The summed E-state index contributed by atoms with van der Waals surface area (Å²) in [5.74, 6) is 0. The summed E-state index contributed by atoms with van der Waals surface area (Å²) in [6.45, 7) is 0. The predicted octanol–water partition coefficient (Wildman–Crippen LogP) is 9.64. The van der Waals surface area contributed by atoms with Crippen molar-refractivity contribution in [3.05, 3.63) is 128 Å². The summed E-state index contributed by atoms with van der Waals surface area (Å²) in [6.07, 6.45) is 2.05. The number of aromatic nitrogens is 3. The molecule has 0 fully saturated rings. The molecule has 0 bridgehead atoms. The second kappa shape index (κ2) is 7.79. The van der Waals surface area contributed by atoms with Gasteiger partial charge in [-0.1, -0.05) is 72.8 Å². The molecule has 0 saturated heterocycles. The fourth-order valence-corrected chi connectivity index (χ4v) is 7.40. The Kier molecular flexibility index (Phi) is 4.21. The lowest BCUT2D eigenvalue weighted by molar-refractivity contribution is 1.15. The highest BCUT2D eigenvalue weighted by Gasteiger charge is 2.19. The normalized spacial score (nSPS) is 12.1. The van der Waals surface area contributed by atoms with Gasteiger partial charge < -0.3 is 9.13 Å². The summed E-state index contributed by atoms with van der Waals surface area (Å²) in [5, 5.41) is 6.30. The van der Waals surface area contributed by atoms with Crippen LogP contribution in [0.1, 0.15) is 0 Å². The second-order valence-corrected chi connectivity index (χ2v) is 11.1. The molecule has 4 heteroatoms. The summed E-state index contributed by atoms with van der Waals surface area (Å²) in [4.78, 5) is 4.99. The lowest BCUT2D eigenvalue weighted by Crippen LogP contribution is -1.97. The van der Waals surface area contributed by atoms with E-state index in [9.17, 15) is 0 Å². The molecule has 0 spiro atoms. The monoisotopic (exact) mass is 515 g/mol. The standard InChI is InChI=1S/C35H21N3S/c1-5-13-28-24(9-1)25-10-2-6-14-29(25)37(28)22-17-19-23(20-18-22)38-30-15-7-3-11-26(30)34-35(38)33-27-12-4-8-16-31(27)39-32(33)21-36-34/h1-21H. The van der Waals surface area contributed by atoms with E-state index >= 15 is 0 Å². The van der Waals surface area contributed by atoms with Gasteiger partial charge in [-0.15, -0.1) is 11.3 Å². The molecule has 0 atom stereocenters. The number of rotatable bonds is 2. The number of fused-ring (bicyclic) bond motifs is 10. The minimum atomic E-state index is 1.05. The largest absolute Gasteiger partial charge is 0.309 e. The van der Waals surface area contributed by atoms with Crippen molar-refractivity contribution in [1.82, 2.24) is 14.1 Å². The molecule has 0 amide bonds. The summed E-state index contributed by atoms with van der Waals surface area (Å²) >= 11 is 1.81. The van der Waals surface area contributed by atoms with Gasteiger partial charge in [0.05, 0.1) is 32.3 Å². The van der Waals surface area contributed by atoms with Gasteiger partial charge >= 0.3 is 0 Å². The molecular formula is C35H21N3S. The molecule has 9 rings (SSSR count). The van der Waals surface area contributed by atoms with E-state index in [4.69, 9.17) is 4.98 Å². The van der Waals surface area contributed by atoms with Gasteiger partial charge in [-0.05, 0) is 48.5 Å². The average molecular weight is 516 g/mol. The maximum absolute atomic E-state index is 4.99. The zero-order chi connectivity index (χ0) is 25.5. The third-order valence-corrected chi connectivity index (χ3v) is 9.07. The number of para-hydroxylation sites is 3. The highest BCUT2D eigenvalue weighted by atomic mass is 32.1. The third-order valence-electron chi connectivity index (χ3n) is 7.96. The van der Waals surface area contributed by atoms with E-state index in [2.05, 4.69) is 130 Å². The van der Waals surface area contributed by atoms with Crippen LogP contribution in [0, 0.1) is 0 Å². The predicted molar refractivity (Wildman–Crippen MR) is 166 cm³/mol. The van der Waals surface area contributed by atoms with Crippen LogP contribution in [0.15, 0.2) is 128 Å². The summed E-state index contributed by atoms with van der Waals surface area (Å²) in [5.41, 5.74) is 8.13. The summed E-state index contributed by atoms with van der Waals surface area (Å²) < 4.78 is 7.27. The van der Waals surface area contributed by atoms with Crippen molar-refractivity contribution in [2.75, 3.05) is 0 Å². The van der Waals surface area contributed by atoms with E-state index < -0.39 is 0 Å². The lowest BCUT2D eigenvalue weighted by atomic mass is 10.1. The zero-order valence-electron chi connectivity index (χ0n) is 20.9. The van der Waals surface area contributed by atoms with Crippen molar-refractivity contribution in [2.45, 2.75) is 0 Å². The number of nitrogens with zero attached hydrogens (tertiary/aromatic N) is 3. The van der Waals surface area contributed by atoms with Gasteiger partial charge in [0.15, 0.2) is 0 Å². The van der Waals surface area contributed by atoms with Gasteiger partial charge in [0.2, 0.25) is 0 Å². The Morgan fingerprint density at radius 1 is 0.462 bits per heavy atom. The van der Waals surface area contributed by atoms with Crippen LogP contribution in [0.25, 0.3) is 75.3 Å². The molecule has 5 aromatic carbocycles. The van der Waals surface area contributed by atoms with Crippen LogP contribution < -0.4 is 0 Å². The van der Waals surface area contributed by atoms with Crippen molar-refractivity contribution in [1.29, 1.82) is 0 Å². The molecule has 39 heavy (non-hydrogen) atoms. The summed E-state index contributed by atoms with van der Waals surface area (Å²) in [7, 11) is 0. The maximum Gasteiger partial charge on any atom is 0.0971 e. The van der Waals surface area contributed by atoms with E-state index in [-0.39, 0.29) is 0 Å². The molecule has 182 valence electrons.